The van der Waals surface area contributed by atoms with Crippen molar-refractivity contribution >= 4 is 21.8 Å². The van der Waals surface area contributed by atoms with Crippen molar-refractivity contribution in [2.75, 3.05) is 0 Å². The molecule has 1 heterocycles. The summed E-state index contributed by atoms with van der Waals surface area (Å²) in [5, 5.41) is 8.92. The molecule has 1 unspecified atom stereocenters. The van der Waals surface area contributed by atoms with E-state index in [1.165, 1.54) is 0 Å². The van der Waals surface area contributed by atoms with Crippen molar-refractivity contribution in [3.8, 4) is 5.75 Å². The average molecular weight is 451 g/mol. The van der Waals surface area contributed by atoms with Gasteiger partial charge in [-0.25, -0.2) is 26.4 Å². The van der Waals surface area contributed by atoms with Crippen LogP contribution in [-0.4, -0.2) is 37.4 Å². The second kappa shape index (κ2) is 7.32. The van der Waals surface area contributed by atoms with Gasteiger partial charge in [-0.1, -0.05) is 0 Å². The molecule has 2 aromatic carbocycles. The van der Waals surface area contributed by atoms with Crippen LogP contribution in [-0.2, 0) is 21.2 Å². The molecule has 0 radical (unpaired) electrons. The number of ether oxygens (including phenoxy) is 1. The minimum absolute atomic E-state index is 0.0479. The predicted molar refractivity (Wildman–Crippen MR) is 88.1 cm³/mol. The van der Waals surface area contributed by atoms with Crippen molar-refractivity contribution in [1.29, 1.82) is 0 Å². The molecule has 0 saturated carbocycles. The van der Waals surface area contributed by atoms with Crippen molar-refractivity contribution in [2.45, 2.75) is 23.5 Å². The summed E-state index contributed by atoms with van der Waals surface area (Å²) in [6, 6.07) is -1.55. The molecule has 1 aliphatic rings. The van der Waals surface area contributed by atoms with Crippen LogP contribution in [0.2, 0.25) is 0 Å². The van der Waals surface area contributed by atoms with Gasteiger partial charge in [0, 0.05) is 12.0 Å². The summed E-state index contributed by atoms with van der Waals surface area (Å²) in [6.45, 7) is 0. The summed E-state index contributed by atoms with van der Waals surface area (Å²) in [5.74, 6) is -9.48. The van der Waals surface area contributed by atoms with Gasteiger partial charge in [-0.05, 0) is 35.9 Å². The maximum Gasteiger partial charge on any atom is 0.378 e. The highest BCUT2D eigenvalue weighted by molar-refractivity contribution is 7.89. The van der Waals surface area contributed by atoms with E-state index >= 15 is 0 Å². The first-order valence-corrected chi connectivity index (χ1v) is 9.44. The van der Waals surface area contributed by atoms with E-state index in [2.05, 4.69) is 0 Å². The number of hydrogen-bond acceptors (Lipinski definition) is 5. The first kappa shape index (κ1) is 21.6. The predicted octanol–water partition coefficient (Wildman–Crippen LogP) is 2.25. The number of carboxylic acid groups (broad SMARTS) is 1. The van der Waals surface area contributed by atoms with E-state index in [0.29, 0.717) is 4.72 Å². The van der Waals surface area contributed by atoms with E-state index < -0.39 is 61.8 Å². The SMILES string of the molecule is O=C(O)C1Cc2cc(C(=O)C(F)(F)NS(=O)(=O)c3ccc(F)c(F)c3F)ccc2O1. The molecule has 0 amide bonds. The number of carboxylic acids is 1. The molecule has 0 saturated heterocycles. The fraction of sp³-hybridized carbons (Fsp3) is 0.176. The monoisotopic (exact) mass is 451 g/mol. The molecule has 2 N–H and O–H groups in total. The summed E-state index contributed by atoms with van der Waals surface area (Å²) in [7, 11) is -5.48. The number of carbonyl (C=O) groups is 2. The van der Waals surface area contributed by atoms with Crippen molar-refractivity contribution < 1.29 is 49.8 Å². The normalized spacial score (nSPS) is 16.1. The van der Waals surface area contributed by atoms with Gasteiger partial charge in [-0.15, -0.1) is 4.72 Å². The molecule has 0 aromatic heterocycles. The lowest BCUT2D eigenvalue weighted by atomic mass is 10.0. The molecule has 160 valence electrons. The molecule has 30 heavy (non-hydrogen) atoms. The molecule has 2 aromatic rings. The van der Waals surface area contributed by atoms with Crippen LogP contribution in [0.3, 0.4) is 0 Å². The minimum atomic E-state index is -5.48. The molecule has 7 nitrogen and oxygen atoms in total. The Morgan fingerprint density at radius 2 is 1.77 bits per heavy atom. The molecule has 0 aliphatic carbocycles. The Kier molecular flexibility index (Phi) is 5.28. The van der Waals surface area contributed by atoms with Gasteiger partial charge < -0.3 is 9.84 Å². The lowest BCUT2D eigenvalue weighted by Gasteiger charge is -2.17. The number of sulfonamides is 1. The van der Waals surface area contributed by atoms with Gasteiger partial charge in [0.1, 0.15) is 10.6 Å². The Morgan fingerprint density at radius 3 is 2.40 bits per heavy atom. The van der Waals surface area contributed by atoms with Crippen LogP contribution < -0.4 is 9.46 Å². The van der Waals surface area contributed by atoms with Gasteiger partial charge in [0.2, 0.25) is 15.8 Å². The number of halogens is 5. The van der Waals surface area contributed by atoms with Crippen molar-refractivity contribution in [3.63, 3.8) is 0 Å². The molecule has 3 rings (SSSR count). The summed E-state index contributed by atoms with van der Waals surface area (Å²) in [4.78, 5) is 21.5. The molecule has 0 fully saturated rings. The lowest BCUT2D eigenvalue weighted by Crippen LogP contribution is -2.47. The van der Waals surface area contributed by atoms with Crippen molar-refractivity contribution in [3.05, 3.63) is 58.9 Å². The first-order valence-electron chi connectivity index (χ1n) is 7.96. The third-order valence-corrected chi connectivity index (χ3v) is 5.53. The van der Waals surface area contributed by atoms with Gasteiger partial charge >= 0.3 is 12.0 Å². The van der Waals surface area contributed by atoms with Gasteiger partial charge in [-0.3, -0.25) is 4.79 Å². The van der Waals surface area contributed by atoms with E-state index in [1.54, 1.807) is 0 Å². The van der Waals surface area contributed by atoms with Gasteiger partial charge in [0.25, 0.3) is 0 Å². The average Bonchev–Trinajstić information content (AvgIpc) is 3.08. The van der Waals surface area contributed by atoms with Gasteiger partial charge in [-0.2, -0.15) is 8.78 Å². The highest BCUT2D eigenvalue weighted by atomic mass is 32.2. The molecule has 0 spiro atoms. The van der Waals surface area contributed by atoms with Crippen LogP contribution in [0.4, 0.5) is 22.0 Å². The third kappa shape index (κ3) is 3.85. The maximum atomic E-state index is 14.3. The first-order chi connectivity index (χ1) is 13.8. The number of aliphatic carboxylic acids is 1. The summed E-state index contributed by atoms with van der Waals surface area (Å²) < 4.78 is 98.2. The van der Waals surface area contributed by atoms with Crippen LogP contribution in [0.5, 0.6) is 5.75 Å². The lowest BCUT2D eigenvalue weighted by molar-refractivity contribution is -0.144. The zero-order valence-electron chi connectivity index (χ0n) is 14.5. The van der Waals surface area contributed by atoms with Crippen LogP contribution in [0.15, 0.2) is 35.2 Å². The fourth-order valence-corrected chi connectivity index (χ4v) is 3.81. The van der Waals surface area contributed by atoms with E-state index in [4.69, 9.17) is 9.84 Å². The standard InChI is InChI=1S/C17H10F5NO6S/c18-9-2-4-12(14(20)13(9)19)30(27,28)23-17(21,22)15(24)7-1-3-10-8(5-7)6-11(29-10)16(25)26/h1-5,11,23H,6H2,(H,25,26). The second-order valence-electron chi connectivity index (χ2n) is 6.15. The molecule has 1 aliphatic heterocycles. The minimum Gasteiger partial charge on any atom is -0.478 e. The van der Waals surface area contributed by atoms with Crippen LogP contribution in [0.25, 0.3) is 0 Å². The molecule has 13 heteroatoms. The number of fused-ring (bicyclic) bond motifs is 1. The topological polar surface area (TPSA) is 110 Å². The highest BCUT2D eigenvalue weighted by Gasteiger charge is 2.45. The Balaban J connectivity index is 1.88. The number of ketones is 1. The number of nitrogens with one attached hydrogen (secondary N) is 1. The molecular weight excluding hydrogens is 441 g/mol. The van der Waals surface area contributed by atoms with E-state index in [0.717, 1.165) is 18.2 Å². The number of alkyl halides is 2. The second-order valence-corrected chi connectivity index (χ2v) is 7.80. The van der Waals surface area contributed by atoms with Crippen LogP contribution in [0, 0.1) is 17.5 Å². The number of Topliss-reactive ketones (excluding diaryl/α,β-unsaturated/α-hetero) is 1. The van der Waals surface area contributed by atoms with E-state index in [-0.39, 0.29) is 29.9 Å². The molecule has 0 bridgehead atoms. The molecule has 1 atom stereocenters. The Hall–Kier alpha value is -3.06. The summed E-state index contributed by atoms with van der Waals surface area (Å²) >= 11 is 0. The number of rotatable bonds is 6. The molecular formula is C17H10F5NO6S. The van der Waals surface area contributed by atoms with E-state index in [9.17, 15) is 40.0 Å². The largest absolute Gasteiger partial charge is 0.478 e. The van der Waals surface area contributed by atoms with Crippen molar-refractivity contribution in [2.24, 2.45) is 0 Å². The zero-order chi connectivity index (χ0) is 22.4. The third-order valence-electron chi connectivity index (χ3n) is 4.11. The Morgan fingerprint density at radius 1 is 1.10 bits per heavy atom. The number of benzene rings is 2. The Labute approximate surface area is 165 Å². The summed E-state index contributed by atoms with van der Waals surface area (Å²) in [6.07, 6.45) is -1.50. The highest BCUT2D eigenvalue weighted by Crippen LogP contribution is 2.32. The zero-order valence-corrected chi connectivity index (χ0v) is 15.3. The van der Waals surface area contributed by atoms with Gasteiger partial charge in [0.15, 0.2) is 23.6 Å². The smallest absolute Gasteiger partial charge is 0.378 e. The number of carbonyl (C=O) groups excluding carboxylic acids is 1. The number of hydrogen-bond donors (Lipinski definition) is 2. The fourth-order valence-electron chi connectivity index (χ4n) is 2.69. The van der Waals surface area contributed by atoms with Crippen LogP contribution >= 0.6 is 0 Å². The van der Waals surface area contributed by atoms with Gasteiger partial charge in [0.05, 0.1) is 0 Å². The Bertz CT molecular complexity index is 1170. The van der Waals surface area contributed by atoms with Crippen molar-refractivity contribution in [1.82, 2.24) is 4.72 Å². The summed E-state index contributed by atoms with van der Waals surface area (Å²) in [5.41, 5.74) is -0.569. The maximum absolute atomic E-state index is 14.3. The van der Waals surface area contributed by atoms with E-state index in [1.807, 2.05) is 0 Å². The quantitative estimate of drug-likeness (QED) is 0.302. The van der Waals surface area contributed by atoms with Crippen LogP contribution in [0.1, 0.15) is 15.9 Å².